The fourth-order valence-corrected chi connectivity index (χ4v) is 1.16. The Morgan fingerprint density at radius 2 is 1.47 bits per heavy atom. The molecule has 1 rings (SSSR count). The van der Waals surface area contributed by atoms with Gasteiger partial charge in [-0.2, -0.15) is 0 Å². The Bertz CT molecular complexity index is 271. The molecule has 1 N–H and O–H groups in total. The molecule has 0 aliphatic rings. The van der Waals surface area contributed by atoms with E-state index in [1.165, 1.54) is 0 Å². The lowest BCUT2D eigenvalue weighted by Gasteiger charge is -2.11. The van der Waals surface area contributed by atoms with Crippen molar-refractivity contribution in [2.45, 2.75) is 26.7 Å². The van der Waals surface area contributed by atoms with Gasteiger partial charge in [-0.15, -0.1) is 0 Å². The summed E-state index contributed by atoms with van der Waals surface area (Å²) in [6.07, 6.45) is 1.83. The van der Waals surface area contributed by atoms with Crippen LogP contribution in [0.25, 0.3) is 0 Å². The highest BCUT2D eigenvalue weighted by molar-refractivity contribution is 5.49. The molecule has 15 heavy (non-hydrogen) atoms. The van der Waals surface area contributed by atoms with E-state index >= 15 is 0 Å². The lowest BCUT2D eigenvalue weighted by Crippen LogP contribution is -1.98. The van der Waals surface area contributed by atoms with E-state index in [0.717, 1.165) is 12.8 Å². The number of benzene rings is 1. The van der Waals surface area contributed by atoms with Crippen molar-refractivity contribution in [3.63, 3.8) is 0 Å². The third-order valence-electron chi connectivity index (χ3n) is 1.89. The second-order valence-corrected chi connectivity index (χ2v) is 3.30. The first-order valence-corrected chi connectivity index (χ1v) is 5.37. The van der Waals surface area contributed by atoms with E-state index in [1.54, 1.807) is 12.1 Å². The SMILES string of the molecule is CCCOc1cccc(OCCC)c1O. The fraction of sp³-hybridized carbons (Fsp3) is 0.500. The molecule has 0 aliphatic carbocycles. The minimum absolute atomic E-state index is 0.0967. The summed E-state index contributed by atoms with van der Waals surface area (Å²) < 4.78 is 10.8. The monoisotopic (exact) mass is 210 g/mol. The molecule has 0 saturated heterocycles. The van der Waals surface area contributed by atoms with Gasteiger partial charge in [0.1, 0.15) is 0 Å². The first kappa shape index (κ1) is 11.7. The van der Waals surface area contributed by atoms with E-state index < -0.39 is 0 Å². The van der Waals surface area contributed by atoms with Gasteiger partial charge < -0.3 is 14.6 Å². The van der Waals surface area contributed by atoms with E-state index in [2.05, 4.69) is 0 Å². The van der Waals surface area contributed by atoms with Gasteiger partial charge in [0, 0.05) is 0 Å². The molecule has 0 aromatic heterocycles. The third kappa shape index (κ3) is 3.35. The molecule has 84 valence electrons. The zero-order valence-corrected chi connectivity index (χ0v) is 9.32. The van der Waals surface area contributed by atoms with Crippen LogP contribution in [0.15, 0.2) is 18.2 Å². The highest BCUT2D eigenvalue weighted by Gasteiger charge is 2.08. The smallest absolute Gasteiger partial charge is 0.200 e. The van der Waals surface area contributed by atoms with Gasteiger partial charge in [-0.05, 0) is 25.0 Å². The van der Waals surface area contributed by atoms with E-state index in [1.807, 2.05) is 19.9 Å². The van der Waals surface area contributed by atoms with Crippen LogP contribution < -0.4 is 9.47 Å². The second-order valence-electron chi connectivity index (χ2n) is 3.30. The number of ether oxygens (including phenoxy) is 2. The highest BCUT2D eigenvalue weighted by Crippen LogP contribution is 2.35. The van der Waals surface area contributed by atoms with Crippen LogP contribution in [-0.2, 0) is 0 Å². The minimum Gasteiger partial charge on any atom is -0.502 e. The largest absolute Gasteiger partial charge is 0.502 e. The summed E-state index contributed by atoms with van der Waals surface area (Å²) in [7, 11) is 0. The van der Waals surface area contributed by atoms with Crippen LogP contribution in [0.5, 0.6) is 17.2 Å². The first-order valence-electron chi connectivity index (χ1n) is 5.37. The number of hydrogen-bond acceptors (Lipinski definition) is 3. The van der Waals surface area contributed by atoms with Gasteiger partial charge in [-0.3, -0.25) is 0 Å². The van der Waals surface area contributed by atoms with Gasteiger partial charge in [0.25, 0.3) is 0 Å². The summed E-state index contributed by atoms with van der Waals surface area (Å²) >= 11 is 0. The molecule has 1 aromatic rings. The zero-order chi connectivity index (χ0) is 11.1. The van der Waals surface area contributed by atoms with Crippen molar-refractivity contribution in [3.8, 4) is 17.2 Å². The predicted molar refractivity (Wildman–Crippen MR) is 59.7 cm³/mol. The molecule has 0 saturated carbocycles. The van der Waals surface area contributed by atoms with Crippen LogP contribution in [0, 0.1) is 0 Å². The molecule has 3 heteroatoms. The molecule has 0 fully saturated rings. The predicted octanol–water partition coefficient (Wildman–Crippen LogP) is 2.97. The van der Waals surface area contributed by atoms with Gasteiger partial charge >= 0.3 is 0 Å². The summed E-state index contributed by atoms with van der Waals surface area (Å²) in [5.74, 6) is 1.08. The Morgan fingerprint density at radius 3 is 1.87 bits per heavy atom. The molecular formula is C12H18O3. The normalized spacial score (nSPS) is 10.0. The van der Waals surface area contributed by atoms with Crippen LogP contribution in [-0.4, -0.2) is 18.3 Å². The third-order valence-corrected chi connectivity index (χ3v) is 1.89. The zero-order valence-electron chi connectivity index (χ0n) is 9.32. The molecule has 0 aliphatic heterocycles. The first-order chi connectivity index (χ1) is 7.29. The molecular weight excluding hydrogens is 192 g/mol. The maximum atomic E-state index is 9.79. The lowest BCUT2D eigenvalue weighted by atomic mass is 10.3. The van der Waals surface area contributed by atoms with Gasteiger partial charge in [0.15, 0.2) is 11.5 Å². The standard InChI is InChI=1S/C12H18O3/c1-3-8-14-10-6-5-7-11(12(10)13)15-9-4-2/h5-7,13H,3-4,8-9H2,1-2H3. The number of hydrogen-bond donors (Lipinski definition) is 1. The van der Waals surface area contributed by atoms with Gasteiger partial charge in [0.05, 0.1) is 13.2 Å². The van der Waals surface area contributed by atoms with Crippen LogP contribution in [0.3, 0.4) is 0 Å². The Kier molecular flexibility index (Phi) is 4.81. The van der Waals surface area contributed by atoms with Crippen LogP contribution in [0.2, 0.25) is 0 Å². The number of para-hydroxylation sites is 1. The molecule has 0 spiro atoms. The van der Waals surface area contributed by atoms with Crippen molar-refractivity contribution >= 4 is 0 Å². The second kappa shape index (κ2) is 6.17. The summed E-state index contributed by atoms with van der Waals surface area (Å²) in [5, 5.41) is 9.79. The summed E-state index contributed by atoms with van der Waals surface area (Å²) in [4.78, 5) is 0. The maximum absolute atomic E-state index is 9.79. The topological polar surface area (TPSA) is 38.7 Å². The molecule has 1 aromatic carbocycles. The number of rotatable bonds is 6. The van der Waals surface area contributed by atoms with Gasteiger partial charge in [-0.25, -0.2) is 0 Å². The molecule has 0 unspecified atom stereocenters. The van der Waals surface area contributed by atoms with Crippen molar-refractivity contribution in [2.24, 2.45) is 0 Å². The van der Waals surface area contributed by atoms with Gasteiger partial charge in [0.2, 0.25) is 5.75 Å². The van der Waals surface area contributed by atoms with Crippen molar-refractivity contribution in [1.29, 1.82) is 0 Å². The van der Waals surface area contributed by atoms with Gasteiger partial charge in [-0.1, -0.05) is 19.9 Å². The number of aromatic hydroxyl groups is 1. The van der Waals surface area contributed by atoms with Crippen molar-refractivity contribution in [1.82, 2.24) is 0 Å². The molecule has 0 atom stereocenters. The average molecular weight is 210 g/mol. The molecule has 0 radical (unpaired) electrons. The maximum Gasteiger partial charge on any atom is 0.200 e. The number of phenols is 1. The lowest BCUT2D eigenvalue weighted by molar-refractivity contribution is 0.273. The fourth-order valence-electron chi connectivity index (χ4n) is 1.16. The van der Waals surface area contributed by atoms with Crippen molar-refractivity contribution < 1.29 is 14.6 Å². The molecule has 0 bridgehead atoms. The van der Waals surface area contributed by atoms with E-state index in [0.29, 0.717) is 24.7 Å². The molecule has 0 heterocycles. The Hall–Kier alpha value is -1.38. The molecule has 0 amide bonds. The van der Waals surface area contributed by atoms with Crippen LogP contribution >= 0.6 is 0 Å². The Labute approximate surface area is 90.6 Å². The van der Waals surface area contributed by atoms with E-state index in [4.69, 9.17) is 9.47 Å². The quantitative estimate of drug-likeness (QED) is 0.784. The Morgan fingerprint density at radius 1 is 1.00 bits per heavy atom. The van der Waals surface area contributed by atoms with Crippen LogP contribution in [0.4, 0.5) is 0 Å². The Balaban J connectivity index is 2.71. The molecule has 3 nitrogen and oxygen atoms in total. The minimum atomic E-state index is 0.0967. The highest BCUT2D eigenvalue weighted by atomic mass is 16.5. The summed E-state index contributed by atoms with van der Waals surface area (Å²) in [6, 6.07) is 5.29. The average Bonchev–Trinajstić information content (AvgIpc) is 2.26. The van der Waals surface area contributed by atoms with E-state index in [-0.39, 0.29) is 5.75 Å². The van der Waals surface area contributed by atoms with Crippen LogP contribution in [0.1, 0.15) is 26.7 Å². The van der Waals surface area contributed by atoms with Crippen molar-refractivity contribution in [3.05, 3.63) is 18.2 Å². The van der Waals surface area contributed by atoms with Crippen molar-refractivity contribution in [2.75, 3.05) is 13.2 Å². The summed E-state index contributed by atoms with van der Waals surface area (Å²) in [5.41, 5.74) is 0. The van der Waals surface area contributed by atoms with E-state index in [9.17, 15) is 5.11 Å². The summed E-state index contributed by atoms with van der Waals surface area (Å²) in [6.45, 7) is 5.25. The number of phenolic OH excluding ortho intramolecular Hbond substituents is 1.